The number of piperazine rings is 1. The predicted molar refractivity (Wildman–Crippen MR) is 79.9 cm³/mol. The number of carbonyl (C=O) groups is 1. The predicted octanol–water partition coefficient (Wildman–Crippen LogP) is 2.08. The van der Waals surface area contributed by atoms with Crippen molar-refractivity contribution < 1.29 is 9.90 Å². The maximum Gasteiger partial charge on any atom is 0.347 e. The highest BCUT2D eigenvalue weighted by Gasteiger charge is 2.30. The Bertz CT molecular complexity index is 503. The smallest absolute Gasteiger partial charge is 0.347 e. The Hall–Kier alpha value is -1.14. The van der Waals surface area contributed by atoms with E-state index in [1.165, 1.54) is 37.1 Å². The Labute approximate surface area is 123 Å². The van der Waals surface area contributed by atoms with Crippen LogP contribution < -0.4 is 4.90 Å². The Balaban J connectivity index is 1.77. The van der Waals surface area contributed by atoms with Gasteiger partial charge in [0.1, 0.15) is 4.88 Å². The van der Waals surface area contributed by atoms with Gasteiger partial charge in [0, 0.05) is 25.7 Å². The molecule has 0 aromatic carbocycles. The van der Waals surface area contributed by atoms with Crippen LogP contribution in [0.3, 0.4) is 0 Å². The summed E-state index contributed by atoms with van der Waals surface area (Å²) in [6.45, 7) is 6.22. The molecule has 20 heavy (non-hydrogen) atoms. The van der Waals surface area contributed by atoms with Crippen molar-refractivity contribution >= 4 is 22.4 Å². The van der Waals surface area contributed by atoms with Gasteiger partial charge in [-0.3, -0.25) is 4.90 Å². The number of hydrogen-bond acceptors (Lipinski definition) is 5. The molecule has 0 bridgehead atoms. The lowest BCUT2D eigenvalue weighted by molar-refractivity contribution is 0.0701. The molecule has 0 aliphatic carbocycles. The molecular weight excluding hydrogens is 274 g/mol. The fraction of sp³-hybridized carbons (Fsp3) is 0.714. The average molecular weight is 295 g/mol. The van der Waals surface area contributed by atoms with Gasteiger partial charge < -0.3 is 10.0 Å². The fourth-order valence-corrected chi connectivity index (χ4v) is 4.24. The van der Waals surface area contributed by atoms with Crippen molar-refractivity contribution in [2.45, 2.75) is 38.6 Å². The number of aromatic carboxylic acids is 1. The van der Waals surface area contributed by atoms with Crippen molar-refractivity contribution in [1.82, 2.24) is 9.88 Å². The van der Waals surface area contributed by atoms with Crippen molar-refractivity contribution in [2.75, 3.05) is 31.1 Å². The number of fused-ring (bicyclic) bond motifs is 1. The number of carboxylic acid groups (broad SMARTS) is 1. The van der Waals surface area contributed by atoms with E-state index in [4.69, 9.17) is 0 Å². The lowest BCUT2D eigenvalue weighted by atomic mass is 10.00. The largest absolute Gasteiger partial charge is 0.477 e. The number of aromatic nitrogens is 1. The van der Waals surface area contributed by atoms with Crippen LogP contribution in [0, 0.1) is 0 Å². The van der Waals surface area contributed by atoms with Crippen molar-refractivity contribution in [3.63, 3.8) is 0 Å². The number of carboxylic acids is 1. The molecule has 1 aromatic rings. The van der Waals surface area contributed by atoms with Crippen LogP contribution >= 0.6 is 11.3 Å². The molecule has 2 aliphatic rings. The first-order valence-electron chi connectivity index (χ1n) is 7.41. The molecule has 5 nitrogen and oxygen atoms in total. The van der Waals surface area contributed by atoms with E-state index in [2.05, 4.69) is 14.8 Å². The number of hydrogen-bond donors (Lipinski definition) is 1. The van der Waals surface area contributed by atoms with Crippen LogP contribution in [0.15, 0.2) is 0 Å². The van der Waals surface area contributed by atoms with Gasteiger partial charge in [-0.05, 0) is 25.8 Å². The van der Waals surface area contributed by atoms with Crippen molar-refractivity contribution in [3.8, 4) is 0 Å². The Morgan fingerprint density at radius 2 is 2.25 bits per heavy atom. The van der Waals surface area contributed by atoms with Crippen LogP contribution in [0.5, 0.6) is 0 Å². The molecule has 0 radical (unpaired) electrons. The minimum absolute atomic E-state index is 0.411. The van der Waals surface area contributed by atoms with Crippen LogP contribution in [-0.2, 0) is 6.42 Å². The molecule has 1 unspecified atom stereocenters. The minimum atomic E-state index is -0.845. The normalized spacial score (nSPS) is 23.6. The summed E-state index contributed by atoms with van der Waals surface area (Å²) in [6, 6.07) is 0.625. The molecule has 110 valence electrons. The molecule has 6 heteroatoms. The SMILES string of the molecule is CCc1nc(N2CCN3CCCCC3C2)sc1C(=O)O. The number of aryl methyl sites for hydroxylation is 1. The van der Waals surface area contributed by atoms with Gasteiger partial charge in [-0.25, -0.2) is 9.78 Å². The zero-order chi connectivity index (χ0) is 14.1. The third-order valence-corrected chi connectivity index (χ3v) is 5.47. The highest BCUT2D eigenvalue weighted by Crippen LogP contribution is 2.30. The van der Waals surface area contributed by atoms with E-state index < -0.39 is 5.97 Å². The van der Waals surface area contributed by atoms with Crippen LogP contribution in [0.1, 0.15) is 41.6 Å². The third kappa shape index (κ3) is 2.54. The first-order valence-corrected chi connectivity index (χ1v) is 8.22. The molecule has 2 saturated heterocycles. The second kappa shape index (κ2) is 5.69. The van der Waals surface area contributed by atoms with Gasteiger partial charge >= 0.3 is 5.97 Å². The first kappa shape index (κ1) is 13.8. The maximum atomic E-state index is 11.2. The summed E-state index contributed by atoms with van der Waals surface area (Å²) in [5, 5.41) is 10.1. The molecule has 2 fully saturated rings. The van der Waals surface area contributed by atoms with Gasteiger partial charge in [-0.15, -0.1) is 0 Å². The number of anilines is 1. The fourth-order valence-electron chi connectivity index (χ4n) is 3.21. The highest BCUT2D eigenvalue weighted by atomic mass is 32.1. The van der Waals surface area contributed by atoms with Crippen LogP contribution in [-0.4, -0.2) is 53.2 Å². The second-order valence-electron chi connectivity index (χ2n) is 5.56. The number of rotatable bonds is 3. The summed E-state index contributed by atoms with van der Waals surface area (Å²) in [4.78, 5) is 21.1. The Kier molecular flexibility index (Phi) is 3.94. The van der Waals surface area contributed by atoms with E-state index >= 15 is 0 Å². The zero-order valence-electron chi connectivity index (χ0n) is 11.8. The lowest BCUT2D eigenvalue weighted by Crippen LogP contribution is -2.54. The van der Waals surface area contributed by atoms with Gasteiger partial charge in [0.05, 0.1) is 5.69 Å². The summed E-state index contributed by atoms with van der Waals surface area (Å²) >= 11 is 1.33. The second-order valence-corrected chi connectivity index (χ2v) is 6.54. The van der Waals surface area contributed by atoms with E-state index in [1.807, 2.05) is 6.92 Å². The van der Waals surface area contributed by atoms with E-state index in [0.717, 1.165) is 30.5 Å². The molecular formula is C14H21N3O2S. The van der Waals surface area contributed by atoms with Gasteiger partial charge in [-0.1, -0.05) is 24.7 Å². The van der Waals surface area contributed by atoms with E-state index in [0.29, 0.717) is 17.3 Å². The lowest BCUT2D eigenvalue weighted by Gasteiger charge is -2.44. The summed E-state index contributed by atoms with van der Waals surface area (Å²) in [5.41, 5.74) is 0.726. The number of thiazole rings is 1. The number of nitrogens with zero attached hydrogens (tertiary/aromatic N) is 3. The minimum Gasteiger partial charge on any atom is -0.477 e. The molecule has 1 atom stereocenters. The highest BCUT2D eigenvalue weighted by molar-refractivity contribution is 7.17. The summed E-state index contributed by atoms with van der Waals surface area (Å²) in [7, 11) is 0. The molecule has 0 saturated carbocycles. The van der Waals surface area contributed by atoms with Crippen LogP contribution in [0.4, 0.5) is 5.13 Å². The Morgan fingerprint density at radius 3 is 2.95 bits per heavy atom. The van der Waals surface area contributed by atoms with E-state index in [9.17, 15) is 9.90 Å². The molecule has 0 amide bonds. The van der Waals surface area contributed by atoms with Crippen molar-refractivity contribution in [2.24, 2.45) is 0 Å². The van der Waals surface area contributed by atoms with E-state index in [-0.39, 0.29) is 0 Å². The standard InChI is InChI=1S/C14H21N3O2S/c1-2-11-12(13(18)19)20-14(15-11)17-8-7-16-6-4-3-5-10(16)9-17/h10H,2-9H2,1H3,(H,18,19). The number of piperidine rings is 1. The van der Waals surface area contributed by atoms with E-state index in [1.54, 1.807) is 0 Å². The van der Waals surface area contributed by atoms with Gasteiger partial charge in [-0.2, -0.15) is 0 Å². The van der Waals surface area contributed by atoms with Gasteiger partial charge in [0.2, 0.25) is 0 Å². The maximum absolute atomic E-state index is 11.2. The summed E-state index contributed by atoms with van der Waals surface area (Å²) < 4.78 is 0. The van der Waals surface area contributed by atoms with Crippen molar-refractivity contribution in [1.29, 1.82) is 0 Å². The topological polar surface area (TPSA) is 56.7 Å². The Morgan fingerprint density at radius 1 is 1.40 bits per heavy atom. The molecule has 3 rings (SSSR count). The molecule has 0 spiro atoms. The quantitative estimate of drug-likeness (QED) is 0.925. The molecule has 1 aromatic heterocycles. The first-order chi connectivity index (χ1) is 9.69. The molecule has 3 heterocycles. The van der Waals surface area contributed by atoms with Crippen LogP contribution in [0.25, 0.3) is 0 Å². The van der Waals surface area contributed by atoms with Crippen LogP contribution in [0.2, 0.25) is 0 Å². The van der Waals surface area contributed by atoms with Gasteiger partial charge in [0.15, 0.2) is 5.13 Å². The summed E-state index contributed by atoms with van der Waals surface area (Å²) in [6.07, 6.45) is 4.57. The molecule has 1 N–H and O–H groups in total. The zero-order valence-corrected chi connectivity index (χ0v) is 12.7. The monoisotopic (exact) mass is 295 g/mol. The third-order valence-electron chi connectivity index (χ3n) is 4.32. The van der Waals surface area contributed by atoms with Gasteiger partial charge in [0.25, 0.3) is 0 Å². The average Bonchev–Trinajstić information content (AvgIpc) is 2.91. The van der Waals surface area contributed by atoms with Crippen molar-refractivity contribution in [3.05, 3.63) is 10.6 Å². The molecule has 2 aliphatic heterocycles. The summed E-state index contributed by atoms with van der Waals surface area (Å²) in [5.74, 6) is -0.845.